The van der Waals surface area contributed by atoms with Gasteiger partial charge in [0, 0.05) is 6.04 Å². The van der Waals surface area contributed by atoms with E-state index in [1.54, 1.807) is 11.3 Å². The Morgan fingerprint density at radius 1 is 1.47 bits per heavy atom. The molecule has 1 atom stereocenters. The van der Waals surface area contributed by atoms with E-state index in [2.05, 4.69) is 48.1 Å². The molecule has 0 aliphatic heterocycles. The lowest BCUT2D eigenvalue weighted by atomic mass is 10.2. The van der Waals surface area contributed by atoms with Crippen molar-refractivity contribution in [1.82, 2.24) is 10.2 Å². The van der Waals surface area contributed by atoms with Gasteiger partial charge < -0.3 is 10.2 Å². The van der Waals surface area contributed by atoms with Crippen molar-refractivity contribution in [3.8, 4) is 0 Å². The molecule has 1 unspecified atom stereocenters. The second-order valence-electron chi connectivity index (χ2n) is 4.33. The van der Waals surface area contributed by atoms with Gasteiger partial charge >= 0.3 is 0 Å². The normalized spacial score (nSPS) is 13.3. The summed E-state index contributed by atoms with van der Waals surface area (Å²) < 4.78 is 0. The molecule has 0 fully saturated rings. The summed E-state index contributed by atoms with van der Waals surface area (Å²) in [5, 5.41) is 7.93. The van der Waals surface area contributed by atoms with Gasteiger partial charge in [0.25, 0.3) is 0 Å². The minimum absolute atomic E-state index is 0.617. The summed E-state index contributed by atoms with van der Waals surface area (Å²) >= 11 is 1.78. The van der Waals surface area contributed by atoms with Crippen LogP contribution in [0.2, 0.25) is 0 Å². The van der Waals surface area contributed by atoms with Crippen molar-refractivity contribution < 1.29 is 0 Å². The van der Waals surface area contributed by atoms with Gasteiger partial charge in [-0.05, 0) is 69.3 Å². The average molecular weight is 226 g/mol. The van der Waals surface area contributed by atoms with Crippen LogP contribution in [0.3, 0.4) is 0 Å². The zero-order valence-electron chi connectivity index (χ0n) is 9.99. The summed E-state index contributed by atoms with van der Waals surface area (Å²) in [4.78, 5) is 2.23. The van der Waals surface area contributed by atoms with Crippen LogP contribution in [0, 0.1) is 0 Å². The Balaban J connectivity index is 2.04. The van der Waals surface area contributed by atoms with E-state index < -0.39 is 0 Å². The van der Waals surface area contributed by atoms with Crippen molar-refractivity contribution >= 4 is 11.3 Å². The van der Waals surface area contributed by atoms with E-state index in [-0.39, 0.29) is 0 Å². The number of rotatable bonds is 7. The molecule has 3 heteroatoms. The SMILES string of the molecule is CC(CCN(C)C)NCCc1ccsc1. The third kappa shape index (κ3) is 5.92. The molecular formula is C12H22N2S. The van der Waals surface area contributed by atoms with Gasteiger partial charge in [-0.2, -0.15) is 11.3 Å². The molecular weight excluding hydrogens is 204 g/mol. The molecule has 1 N–H and O–H groups in total. The maximum Gasteiger partial charge on any atom is 0.00510 e. The largest absolute Gasteiger partial charge is 0.314 e. The summed E-state index contributed by atoms with van der Waals surface area (Å²) in [6.07, 6.45) is 2.37. The van der Waals surface area contributed by atoms with Gasteiger partial charge in [0.15, 0.2) is 0 Å². The second-order valence-corrected chi connectivity index (χ2v) is 5.11. The molecule has 0 bridgehead atoms. The molecule has 0 amide bonds. The highest BCUT2D eigenvalue weighted by Gasteiger charge is 2.01. The van der Waals surface area contributed by atoms with E-state index in [0.717, 1.165) is 19.5 Å². The van der Waals surface area contributed by atoms with Crippen molar-refractivity contribution in [2.75, 3.05) is 27.2 Å². The fraction of sp³-hybridized carbons (Fsp3) is 0.667. The van der Waals surface area contributed by atoms with E-state index in [1.807, 2.05) is 0 Å². The van der Waals surface area contributed by atoms with E-state index in [1.165, 1.54) is 12.0 Å². The van der Waals surface area contributed by atoms with Crippen LogP contribution in [0.1, 0.15) is 18.9 Å². The van der Waals surface area contributed by atoms with E-state index in [9.17, 15) is 0 Å². The summed E-state index contributed by atoms with van der Waals surface area (Å²) in [6, 6.07) is 2.82. The molecule has 1 aromatic rings. The minimum Gasteiger partial charge on any atom is -0.314 e. The lowest BCUT2D eigenvalue weighted by Gasteiger charge is -2.16. The van der Waals surface area contributed by atoms with Crippen LogP contribution in [0.4, 0.5) is 0 Å². The van der Waals surface area contributed by atoms with E-state index in [4.69, 9.17) is 0 Å². The maximum atomic E-state index is 3.55. The molecule has 2 nitrogen and oxygen atoms in total. The predicted molar refractivity (Wildman–Crippen MR) is 68.7 cm³/mol. The van der Waals surface area contributed by atoms with Crippen LogP contribution < -0.4 is 5.32 Å². The molecule has 1 aromatic heterocycles. The molecule has 0 spiro atoms. The summed E-state index contributed by atoms with van der Waals surface area (Å²) in [7, 11) is 4.25. The summed E-state index contributed by atoms with van der Waals surface area (Å²) in [5.74, 6) is 0. The van der Waals surface area contributed by atoms with Gasteiger partial charge in [-0.1, -0.05) is 0 Å². The molecule has 0 saturated carbocycles. The van der Waals surface area contributed by atoms with Crippen molar-refractivity contribution in [3.63, 3.8) is 0 Å². The monoisotopic (exact) mass is 226 g/mol. The molecule has 15 heavy (non-hydrogen) atoms. The number of nitrogens with zero attached hydrogens (tertiary/aromatic N) is 1. The van der Waals surface area contributed by atoms with Gasteiger partial charge in [0.05, 0.1) is 0 Å². The standard InChI is InChI=1S/C12H22N2S/c1-11(5-8-14(2)3)13-7-4-12-6-9-15-10-12/h6,9-11,13H,4-5,7-8H2,1-3H3. The Kier molecular flexibility index (Phi) is 5.91. The Labute approximate surface area is 97.3 Å². The predicted octanol–water partition coefficient (Wildman–Crippen LogP) is 2.22. The molecule has 0 aromatic carbocycles. The topological polar surface area (TPSA) is 15.3 Å². The fourth-order valence-electron chi connectivity index (χ4n) is 1.45. The van der Waals surface area contributed by atoms with Crippen LogP contribution in [0.25, 0.3) is 0 Å². The Hall–Kier alpha value is -0.380. The van der Waals surface area contributed by atoms with Gasteiger partial charge in [0.2, 0.25) is 0 Å². The second kappa shape index (κ2) is 6.99. The number of nitrogens with one attached hydrogen (secondary N) is 1. The lowest BCUT2D eigenvalue weighted by Crippen LogP contribution is -2.31. The first-order chi connectivity index (χ1) is 7.18. The molecule has 0 radical (unpaired) electrons. The highest BCUT2D eigenvalue weighted by atomic mass is 32.1. The molecule has 0 saturated heterocycles. The molecule has 1 rings (SSSR count). The van der Waals surface area contributed by atoms with Crippen LogP contribution in [0.5, 0.6) is 0 Å². The smallest absolute Gasteiger partial charge is 0.00510 e. The molecule has 1 heterocycles. The summed E-state index contributed by atoms with van der Waals surface area (Å²) in [6.45, 7) is 4.51. The molecule has 0 aliphatic carbocycles. The lowest BCUT2D eigenvalue weighted by molar-refractivity contribution is 0.367. The van der Waals surface area contributed by atoms with Gasteiger partial charge in [-0.3, -0.25) is 0 Å². The van der Waals surface area contributed by atoms with Gasteiger partial charge in [-0.25, -0.2) is 0 Å². The third-order valence-electron chi connectivity index (χ3n) is 2.50. The molecule has 86 valence electrons. The van der Waals surface area contributed by atoms with Gasteiger partial charge in [0.1, 0.15) is 0 Å². The van der Waals surface area contributed by atoms with Crippen LogP contribution in [-0.2, 0) is 6.42 Å². The number of hydrogen-bond acceptors (Lipinski definition) is 3. The Bertz CT molecular complexity index is 244. The van der Waals surface area contributed by atoms with Gasteiger partial charge in [-0.15, -0.1) is 0 Å². The van der Waals surface area contributed by atoms with E-state index >= 15 is 0 Å². The zero-order chi connectivity index (χ0) is 11.1. The van der Waals surface area contributed by atoms with Crippen molar-refractivity contribution in [2.45, 2.75) is 25.8 Å². The highest BCUT2D eigenvalue weighted by Crippen LogP contribution is 2.05. The quantitative estimate of drug-likeness (QED) is 0.767. The van der Waals surface area contributed by atoms with Crippen molar-refractivity contribution in [1.29, 1.82) is 0 Å². The number of hydrogen-bond donors (Lipinski definition) is 1. The average Bonchev–Trinajstić information content (AvgIpc) is 2.67. The summed E-state index contributed by atoms with van der Waals surface area (Å²) in [5.41, 5.74) is 1.45. The van der Waals surface area contributed by atoms with Crippen LogP contribution in [-0.4, -0.2) is 38.1 Å². The first-order valence-electron chi connectivity index (χ1n) is 5.57. The Morgan fingerprint density at radius 2 is 2.27 bits per heavy atom. The number of thiophene rings is 1. The van der Waals surface area contributed by atoms with E-state index in [0.29, 0.717) is 6.04 Å². The van der Waals surface area contributed by atoms with Crippen molar-refractivity contribution in [3.05, 3.63) is 22.4 Å². The Morgan fingerprint density at radius 3 is 2.87 bits per heavy atom. The maximum absolute atomic E-state index is 3.55. The molecule has 0 aliphatic rings. The highest BCUT2D eigenvalue weighted by molar-refractivity contribution is 7.07. The fourth-order valence-corrected chi connectivity index (χ4v) is 2.15. The van der Waals surface area contributed by atoms with Crippen LogP contribution >= 0.6 is 11.3 Å². The third-order valence-corrected chi connectivity index (χ3v) is 3.23. The zero-order valence-corrected chi connectivity index (χ0v) is 10.8. The minimum atomic E-state index is 0.617. The van der Waals surface area contributed by atoms with Crippen molar-refractivity contribution in [2.24, 2.45) is 0 Å². The van der Waals surface area contributed by atoms with Crippen LogP contribution in [0.15, 0.2) is 16.8 Å². The first kappa shape index (κ1) is 12.7. The first-order valence-corrected chi connectivity index (χ1v) is 6.52.